The van der Waals surface area contributed by atoms with E-state index in [1.807, 2.05) is 6.07 Å². The molecule has 1 fully saturated rings. The van der Waals surface area contributed by atoms with Gasteiger partial charge >= 0.3 is 0 Å². The zero-order valence-corrected chi connectivity index (χ0v) is 11.7. The minimum atomic E-state index is -0.127. The molecule has 0 aromatic heterocycles. The highest BCUT2D eigenvalue weighted by Gasteiger charge is 2.22. The van der Waals surface area contributed by atoms with E-state index in [0.29, 0.717) is 23.0 Å². The number of carbonyl (C=O) groups excluding carboxylic acids is 1. The summed E-state index contributed by atoms with van der Waals surface area (Å²) in [6, 6.07) is 3.63. The molecule has 1 aromatic carbocycles. The van der Waals surface area contributed by atoms with Gasteiger partial charge in [0.2, 0.25) is 0 Å². The molecule has 4 N–H and O–H groups in total. The van der Waals surface area contributed by atoms with E-state index in [1.54, 1.807) is 6.07 Å². The van der Waals surface area contributed by atoms with E-state index >= 15 is 0 Å². The second-order valence-electron chi connectivity index (χ2n) is 5.94. The number of hydrogen-bond acceptors (Lipinski definition) is 4. The van der Waals surface area contributed by atoms with E-state index < -0.39 is 0 Å². The van der Waals surface area contributed by atoms with Gasteiger partial charge in [0.15, 0.2) is 6.61 Å². The number of benzene rings is 1. The van der Waals surface area contributed by atoms with Crippen LogP contribution in [0.1, 0.15) is 26.2 Å². The van der Waals surface area contributed by atoms with Crippen LogP contribution in [0.2, 0.25) is 0 Å². The van der Waals surface area contributed by atoms with Gasteiger partial charge in [-0.2, -0.15) is 0 Å². The minimum Gasteiger partial charge on any atom is -0.482 e. The van der Waals surface area contributed by atoms with Crippen molar-refractivity contribution in [3.8, 4) is 5.75 Å². The highest BCUT2D eigenvalue weighted by Crippen LogP contribution is 2.36. The number of nitrogen functional groups attached to an aromatic ring is 1. The monoisotopic (exact) mass is 275 g/mol. The molecule has 0 saturated heterocycles. The second kappa shape index (κ2) is 5.23. The molecule has 1 aliphatic heterocycles. The van der Waals surface area contributed by atoms with Gasteiger partial charge in [0.1, 0.15) is 5.75 Å². The highest BCUT2D eigenvalue weighted by atomic mass is 16.5. The maximum Gasteiger partial charge on any atom is 0.262 e. The van der Waals surface area contributed by atoms with Crippen LogP contribution in [0, 0.1) is 11.8 Å². The number of fused-ring (bicyclic) bond motifs is 1. The summed E-state index contributed by atoms with van der Waals surface area (Å²) in [5, 5.41) is 6.21. The molecule has 1 heterocycles. The van der Waals surface area contributed by atoms with Gasteiger partial charge < -0.3 is 21.1 Å². The first-order valence-electron chi connectivity index (χ1n) is 7.22. The predicted octanol–water partition coefficient (Wildman–Crippen LogP) is 2.45. The largest absolute Gasteiger partial charge is 0.482 e. The molecule has 5 nitrogen and oxygen atoms in total. The lowest BCUT2D eigenvalue weighted by atomic mass is 10.1. The number of nitrogens with two attached hydrogens (primary N) is 1. The van der Waals surface area contributed by atoms with Gasteiger partial charge in [-0.05, 0) is 30.7 Å². The van der Waals surface area contributed by atoms with Gasteiger partial charge in [-0.3, -0.25) is 4.79 Å². The summed E-state index contributed by atoms with van der Waals surface area (Å²) in [5.41, 5.74) is 8.26. The van der Waals surface area contributed by atoms with Crippen LogP contribution in [0.3, 0.4) is 0 Å². The van der Waals surface area contributed by atoms with Gasteiger partial charge in [0.05, 0.1) is 17.1 Å². The number of hydrogen-bond donors (Lipinski definition) is 3. The van der Waals surface area contributed by atoms with Crippen molar-refractivity contribution in [3.05, 3.63) is 12.1 Å². The zero-order chi connectivity index (χ0) is 14.1. The van der Waals surface area contributed by atoms with E-state index in [1.165, 1.54) is 19.3 Å². The summed E-state index contributed by atoms with van der Waals surface area (Å²) >= 11 is 0. The normalized spacial score (nSPS) is 24.8. The van der Waals surface area contributed by atoms with Gasteiger partial charge in [0, 0.05) is 12.6 Å². The Bertz CT molecular complexity index is 530. The Labute approximate surface area is 118 Å². The molecule has 2 aliphatic rings. The van der Waals surface area contributed by atoms with Crippen LogP contribution in [0.25, 0.3) is 0 Å². The molecule has 2 unspecified atom stereocenters. The van der Waals surface area contributed by atoms with Crippen LogP contribution in [-0.2, 0) is 4.79 Å². The lowest BCUT2D eigenvalue weighted by molar-refractivity contribution is -0.118. The van der Waals surface area contributed by atoms with E-state index in [-0.39, 0.29) is 12.5 Å². The second-order valence-corrected chi connectivity index (χ2v) is 5.94. The molecular formula is C15H21N3O2. The van der Waals surface area contributed by atoms with Crippen molar-refractivity contribution >= 4 is 23.0 Å². The quantitative estimate of drug-likeness (QED) is 0.741. The average molecular weight is 275 g/mol. The molecule has 1 saturated carbocycles. The zero-order valence-electron chi connectivity index (χ0n) is 11.7. The predicted molar refractivity (Wildman–Crippen MR) is 80.0 cm³/mol. The number of rotatable bonds is 3. The summed E-state index contributed by atoms with van der Waals surface area (Å²) < 4.78 is 5.34. The fourth-order valence-corrected chi connectivity index (χ4v) is 3.06. The Morgan fingerprint density at radius 3 is 3.05 bits per heavy atom. The molecule has 5 heteroatoms. The lowest BCUT2D eigenvalue weighted by Crippen LogP contribution is -2.25. The van der Waals surface area contributed by atoms with Crippen LogP contribution in [0.5, 0.6) is 5.75 Å². The fourth-order valence-electron chi connectivity index (χ4n) is 3.06. The summed E-state index contributed by atoms with van der Waals surface area (Å²) in [7, 11) is 0. The molecule has 108 valence electrons. The molecule has 2 atom stereocenters. The smallest absolute Gasteiger partial charge is 0.262 e. The van der Waals surface area contributed by atoms with Crippen molar-refractivity contribution in [2.75, 3.05) is 29.5 Å². The maximum atomic E-state index is 11.3. The van der Waals surface area contributed by atoms with Crippen molar-refractivity contribution in [2.45, 2.75) is 26.2 Å². The Hall–Kier alpha value is -1.91. The first-order valence-corrected chi connectivity index (χ1v) is 7.22. The number of carbonyl (C=O) groups is 1. The van der Waals surface area contributed by atoms with Crippen molar-refractivity contribution in [3.63, 3.8) is 0 Å². The van der Waals surface area contributed by atoms with Crippen LogP contribution in [0.4, 0.5) is 17.1 Å². The lowest BCUT2D eigenvalue weighted by Gasteiger charge is -2.21. The number of ether oxygens (including phenoxy) is 1. The molecule has 1 aromatic rings. The first-order chi connectivity index (χ1) is 9.61. The molecule has 1 aliphatic carbocycles. The van der Waals surface area contributed by atoms with Crippen molar-refractivity contribution in [1.82, 2.24) is 0 Å². The Kier molecular flexibility index (Phi) is 3.42. The van der Waals surface area contributed by atoms with E-state index in [2.05, 4.69) is 17.6 Å². The number of nitrogens with one attached hydrogen (secondary N) is 2. The van der Waals surface area contributed by atoms with E-state index in [0.717, 1.165) is 18.2 Å². The van der Waals surface area contributed by atoms with Crippen LogP contribution in [0.15, 0.2) is 12.1 Å². The molecule has 20 heavy (non-hydrogen) atoms. The van der Waals surface area contributed by atoms with Crippen molar-refractivity contribution in [1.29, 1.82) is 0 Å². The highest BCUT2D eigenvalue weighted by molar-refractivity contribution is 5.97. The standard InChI is InChI=1S/C15H21N3O2/c1-9-2-3-10(4-9)7-17-12-6-13-14(5-11(12)16)20-8-15(19)18-13/h5-6,9-10,17H,2-4,7-8,16H2,1H3,(H,18,19). The van der Waals surface area contributed by atoms with Gasteiger partial charge in [-0.1, -0.05) is 13.3 Å². The van der Waals surface area contributed by atoms with Crippen LogP contribution >= 0.6 is 0 Å². The molecule has 0 radical (unpaired) electrons. The third-order valence-corrected chi connectivity index (χ3v) is 4.17. The molecule has 0 bridgehead atoms. The molecule has 0 spiro atoms. The summed E-state index contributed by atoms with van der Waals surface area (Å²) in [6.07, 6.45) is 3.87. The molecule has 1 amide bonds. The fraction of sp³-hybridized carbons (Fsp3) is 0.533. The van der Waals surface area contributed by atoms with Crippen LogP contribution < -0.4 is 21.1 Å². The van der Waals surface area contributed by atoms with Crippen LogP contribution in [-0.4, -0.2) is 19.1 Å². The number of anilines is 3. The Morgan fingerprint density at radius 2 is 2.30 bits per heavy atom. The SMILES string of the molecule is CC1CCC(CNc2cc3c(cc2N)OCC(=O)N3)C1. The summed E-state index contributed by atoms with van der Waals surface area (Å²) in [4.78, 5) is 11.3. The Morgan fingerprint density at radius 1 is 1.45 bits per heavy atom. The van der Waals surface area contributed by atoms with Crippen molar-refractivity contribution in [2.24, 2.45) is 11.8 Å². The minimum absolute atomic E-state index is 0.0547. The summed E-state index contributed by atoms with van der Waals surface area (Å²) in [5.74, 6) is 2.06. The topological polar surface area (TPSA) is 76.4 Å². The third kappa shape index (κ3) is 2.66. The van der Waals surface area contributed by atoms with Crippen molar-refractivity contribution < 1.29 is 9.53 Å². The Balaban J connectivity index is 1.70. The number of amides is 1. The molecule has 3 rings (SSSR count). The van der Waals surface area contributed by atoms with E-state index in [4.69, 9.17) is 10.5 Å². The average Bonchev–Trinajstić information content (AvgIpc) is 2.83. The van der Waals surface area contributed by atoms with Gasteiger partial charge in [-0.25, -0.2) is 0 Å². The van der Waals surface area contributed by atoms with Gasteiger partial charge in [0.25, 0.3) is 5.91 Å². The maximum absolute atomic E-state index is 11.3. The van der Waals surface area contributed by atoms with Gasteiger partial charge in [-0.15, -0.1) is 0 Å². The molecular weight excluding hydrogens is 254 g/mol. The summed E-state index contributed by atoms with van der Waals surface area (Å²) in [6.45, 7) is 3.29. The van der Waals surface area contributed by atoms with E-state index in [9.17, 15) is 4.79 Å². The first kappa shape index (κ1) is 13.1. The third-order valence-electron chi connectivity index (χ3n) is 4.17.